The van der Waals surface area contributed by atoms with Gasteiger partial charge in [0, 0.05) is 38.5 Å². The van der Waals surface area contributed by atoms with Gasteiger partial charge < -0.3 is 14.2 Å². The SMILES string of the molecule is CC(=O)O[C@H]1CC[C@@]2(C)C(=CCC3C2[C@@H](OC(C)=O)C[C@]2(C)C(=O)[C@@H](OC(C)=O)CC32)C1. The molecular formula is C25H34O7. The lowest BCUT2D eigenvalue weighted by Crippen LogP contribution is -2.57. The molecule has 0 aromatic rings. The number of hydrogen-bond donors (Lipinski definition) is 0. The zero-order chi connectivity index (χ0) is 23.4. The second-order valence-electron chi connectivity index (χ2n) is 10.6. The van der Waals surface area contributed by atoms with E-state index in [0.717, 1.165) is 19.3 Å². The second-order valence-corrected chi connectivity index (χ2v) is 10.6. The molecule has 8 atom stereocenters. The van der Waals surface area contributed by atoms with Gasteiger partial charge in [0.05, 0.1) is 0 Å². The molecule has 3 unspecified atom stereocenters. The Morgan fingerprint density at radius 1 is 0.969 bits per heavy atom. The molecule has 3 saturated carbocycles. The number of allylic oxidation sites excluding steroid dienone is 1. The van der Waals surface area contributed by atoms with Crippen LogP contribution in [0, 0.1) is 28.6 Å². The molecule has 0 aromatic carbocycles. The zero-order valence-corrected chi connectivity index (χ0v) is 19.6. The summed E-state index contributed by atoms with van der Waals surface area (Å²) >= 11 is 0. The number of carbonyl (C=O) groups is 4. The highest BCUT2D eigenvalue weighted by molar-refractivity contribution is 5.93. The molecule has 4 aliphatic rings. The smallest absolute Gasteiger partial charge is 0.303 e. The molecule has 7 heteroatoms. The lowest BCUT2D eigenvalue weighted by atomic mass is 9.47. The fraction of sp³-hybridized carbons (Fsp3) is 0.760. The van der Waals surface area contributed by atoms with E-state index in [1.807, 2.05) is 6.92 Å². The van der Waals surface area contributed by atoms with E-state index in [9.17, 15) is 19.2 Å². The maximum Gasteiger partial charge on any atom is 0.303 e. The monoisotopic (exact) mass is 446 g/mol. The molecule has 3 fully saturated rings. The van der Waals surface area contributed by atoms with Gasteiger partial charge in [-0.3, -0.25) is 19.2 Å². The summed E-state index contributed by atoms with van der Waals surface area (Å²) in [6.45, 7) is 8.38. The molecule has 0 aromatic heterocycles. The third kappa shape index (κ3) is 3.67. The lowest BCUT2D eigenvalue weighted by molar-refractivity contribution is -0.175. The van der Waals surface area contributed by atoms with Crippen LogP contribution >= 0.6 is 0 Å². The summed E-state index contributed by atoms with van der Waals surface area (Å²) < 4.78 is 16.8. The van der Waals surface area contributed by atoms with Gasteiger partial charge >= 0.3 is 17.9 Å². The van der Waals surface area contributed by atoms with Gasteiger partial charge in [-0.1, -0.05) is 25.5 Å². The van der Waals surface area contributed by atoms with Crippen LogP contribution in [-0.2, 0) is 33.4 Å². The Bertz CT molecular complexity index is 876. The molecule has 0 amide bonds. The van der Waals surface area contributed by atoms with E-state index in [2.05, 4.69) is 13.0 Å². The molecule has 0 heterocycles. The quantitative estimate of drug-likeness (QED) is 0.372. The molecule has 32 heavy (non-hydrogen) atoms. The van der Waals surface area contributed by atoms with Crippen molar-refractivity contribution in [1.82, 2.24) is 0 Å². The van der Waals surface area contributed by atoms with Gasteiger partial charge in [0.1, 0.15) is 12.2 Å². The number of hydrogen-bond acceptors (Lipinski definition) is 7. The van der Waals surface area contributed by atoms with Crippen molar-refractivity contribution in [2.24, 2.45) is 28.6 Å². The topological polar surface area (TPSA) is 96.0 Å². The average Bonchev–Trinajstić information content (AvgIpc) is 2.91. The predicted molar refractivity (Wildman–Crippen MR) is 114 cm³/mol. The predicted octanol–water partition coefficient (Wildman–Crippen LogP) is 3.53. The van der Waals surface area contributed by atoms with Crippen molar-refractivity contribution < 1.29 is 33.4 Å². The van der Waals surface area contributed by atoms with E-state index < -0.39 is 17.5 Å². The van der Waals surface area contributed by atoms with Crippen molar-refractivity contribution in [2.45, 2.75) is 91.5 Å². The standard InChI is InChI=1S/C25H34O7/c1-13(26)30-17-8-9-24(4)16(10-17)6-7-18-19-11-20(31-14(2)27)23(29)25(19,5)12-21(22(18)24)32-15(3)28/h6,17-22H,7-12H2,1-5H3/t17-,18?,19?,20-,21-,22?,24-,25-/m0/s1. The third-order valence-electron chi connectivity index (χ3n) is 8.64. The number of Topliss-reactive ketones (excluding diaryl/α,β-unsaturated/α-hetero) is 1. The van der Waals surface area contributed by atoms with Crippen molar-refractivity contribution >= 4 is 23.7 Å². The van der Waals surface area contributed by atoms with Crippen LogP contribution in [-0.4, -0.2) is 42.0 Å². The fourth-order valence-electron chi connectivity index (χ4n) is 7.45. The summed E-state index contributed by atoms with van der Waals surface area (Å²) in [6, 6.07) is 0. The number of fused-ring (bicyclic) bond motifs is 5. The van der Waals surface area contributed by atoms with Gasteiger partial charge in [0.2, 0.25) is 0 Å². The summed E-state index contributed by atoms with van der Waals surface area (Å²) in [5.74, 6) is -0.802. The van der Waals surface area contributed by atoms with Gasteiger partial charge in [-0.2, -0.15) is 0 Å². The Balaban J connectivity index is 1.70. The first-order valence-corrected chi connectivity index (χ1v) is 11.7. The Morgan fingerprint density at radius 3 is 2.25 bits per heavy atom. The highest BCUT2D eigenvalue weighted by atomic mass is 16.6. The zero-order valence-electron chi connectivity index (χ0n) is 19.6. The summed E-state index contributed by atoms with van der Waals surface area (Å²) in [6.07, 6.45) is 5.09. The summed E-state index contributed by atoms with van der Waals surface area (Å²) in [7, 11) is 0. The van der Waals surface area contributed by atoms with Crippen LogP contribution < -0.4 is 0 Å². The highest BCUT2D eigenvalue weighted by Gasteiger charge is 2.65. The van der Waals surface area contributed by atoms with Crippen molar-refractivity contribution in [3.05, 3.63) is 11.6 Å². The van der Waals surface area contributed by atoms with Crippen LogP contribution in [0.1, 0.15) is 73.1 Å². The Hall–Kier alpha value is -2.18. The van der Waals surface area contributed by atoms with E-state index in [1.54, 1.807) is 0 Å². The van der Waals surface area contributed by atoms with Crippen LogP contribution in [0.4, 0.5) is 0 Å². The summed E-state index contributed by atoms with van der Waals surface area (Å²) in [5, 5.41) is 0. The Labute approximate surface area is 189 Å². The Morgan fingerprint density at radius 2 is 1.62 bits per heavy atom. The van der Waals surface area contributed by atoms with E-state index in [0.29, 0.717) is 19.3 Å². The molecule has 7 nitrogen and oxygen atoms in total. The van der Waals surface area contributed by atoms with Crippen LogP contribution in [0.5, 0.6) is 0 Å². The molecular weight excluding hydrogens is 412 g/mol. The second kappa shape index (κ2) is 7.99. The first-order chi connectivity index (χ1) is 15.0. The molecule has 0 aliphatic heterocycles. The summed E-state index contributed by atoms with van der Waals surface area (Å²) in [5.41, 5.74) is 0.389. The number of ketones is 1. The van der Waals surface area contributed by atoms with Gasteiger partial charge in [0.15, 0.2) is 11.9 Å². The minimum atomic E-state index is -0.725. The molecule has 4 aliphatic carbocycles. The molecule has 0 bridgehead atoms. The normalized spacial score (nSPS) is 42.7. The Kier molecular flexibility index (Phi) is 5.74. The lowest BCUT2D eigenvalue weighted by Gasteiger charge is -2.58. The van der Waals surface area contributed by atoms with E-state index in [4.69, 9.17) is 14.2 Å². The first-order valence-electron chi connectivity index (χ1n) is 11.7. The highest BCUT2D eigenvalue weighted by Crippen LogP contribution is 2.64. The van der Waals surface area contributed by atoms with E-state index in [1.165, 1.54) is 26.3 Å². The average molecular weight is 447 g/mol. The number of rotatable bonds is 3. The van der Waals surface area contributed by atoms with Crippen molar-refractivity contribution in [3.8, 4) is 0 Å². The summed E-state index contributed by atoms with van der Waals surface area (Å²) in [4.78, 5) is 48.5. The number of carbonyl (C=O) groups excluding carboxylic acids is 4. The van der Waals surface area contributed by atoms with Crippen molar-refractivity contribution in [3.63, 3.8) is 0 Å². The largest absolute Gasteiger partial charge is 0.462 e. The van der Waals surface area contributed by atoms with Crippen molar-refractivity contribution in [2.75, 3.05) is 0 Å². The fourth-order valence-corrected chi connectivity index (χ4v) is 7.45. The molecule has 0 N–H and O–H groups in total. The number of esters is 3. The maximum absolute atomic E-state index is 13.3. The van der Waals surface area contributed by atoms with E-state index in [-0.39, 0.29) is 53.1 Å². The van der Waals surface area contributed by atoms with Crippen LogP contribution in [0.15, 0.2) is 11.6 Å². The van der Waals surface area contributed by atoms with Gasteiger partial charge in [-0.05, 0) is 49.4 Å². The number of ether oxygens (including phenoxy) is 3. The van der Waals surface area contributed by atoms with Crippen molar-refractivity contribution in [1.29, 1.82) is 0 Å². The molecule has 176 valence electrons. The van der Waals surface area contributed by atoms with Gasteiger partial charge in [-0.25, -0.2) is 0 Å². The van der Waals surface area contributed by atoms with Crippen LogP contribution in [0.25, 0.3) is 0 Å². The van der Waals surface area contributed by atoms with Crippen LogP contribution in [0.2, 0.25) is 0 Å². The molecule has 0 radical (unpaired) electrons. The van der Waals surface area contributed by atoms with Gasteiger partial charge in [0.25, 0.3) is 0 Å². The molecule has 4 rings (SSSR count). The first kappa shape index (κ1) is 23.0. The maximum atomic E-state index is 13.3. The van der Waals surface area contributed by atoms with Crippen LogP contribution in [0.3, 0.4) is 0 Å². The molecule has 0 saturated heterocycles. The minimum absolute atomic E-state index is 0.0493. The van der Waals surface area contributed by atoms with Gasteiger partial charge in [-0.15, -0.1) is 0 Å². The third-order valence-corrected chi connectivity index (χ3v) is 8.64. The minimum Gasteiger partial charge on any atom is -0.462 e. The van der Waals surface area contributed by atoms with E-state index >= 15 is 0 Å². The molecule has 0 spiro atoms.